The van der Waals surface area contributed by atoms with Crippen LogP contribution in [0.3, 0.4) is 0 Å². The first-order valence-corrected chi connectivity index (χ1v) is 9.61. The number of amides is 1. The number of quaternary nitrogens is 1. The van der Waals surface area contributed by atoms with Crippen LogP contribution < -0.4 is 30.5 Å². The molecule has 0 aliphatic carbocycles. The summed E-state index contributed by atoms with van der Waals surface area (Å²) in [5.74, 6) is 0.804. The number of nitrogens with one attached hydrogen (secondary N) is 4. The van der Waals surface area contributed by atoms with Crippen molar-refractivity contribution in [1.82, 2.24) is 16.2 Å². The Hall–Kier alpha value is -2.10. The van der Waals surface area contributed by atoms with Crippen molar-refractivity contribution in [3.63, 3.8) is 0 Å². The number of carbonyl (C=O) groups excluding carboxylic acids is 1. The molecule has 27 heavy (non-hydrogen) atoms. The molecule has 0 bridgehead atoms. The lowest BCUT2D eigenvalue weighted by molar-refractivity contribution is -0.908. The van der Waals surface area contributed by atoms with E-state index in [9.17, 15) is 4.79 Å². The van der Waals surface area contributed by atoms with Gasteiger partial charge in [-0.1, -0.05) is 0 Å². The molecule has 0 aromatic heterocycles. The Kier molecular flexibility index (Phi) is 9.09. The Bertz CT molecular complexity index is 623. The highest BCUT2D eigenvalue weighted by molar-refractivity contribution is 7.80. The lowest BCUT2D eigenvalue weighted by Crippen LogP contribution is -3.14. The lowest BCUT2D eigenvalue weighted by atomic mass is 10.2. The van der Waals surface area contributed by atoms with Crippen molar-refractivity contribution in [2.24, 2.45) is 0 Å². The molecule has 0 saturated carbocycles. The van der Waals surface area contributed by atoms with E-state index in [2.05, 4.69) is 16.2 Å². The molecule has 1 heterocycles. The van der Waals surface area contributed by atoms with Crippen LogP contribution in [0.15, 0.2) is 18.2 Å². The second-order valence-corrected chi connectivity index (χ2v) is 6.51. The van der Waals surface area contributed by atoms with Gasteiger partial charge in [-0.25, -0.2) is 0 Å². The molecule has 1 fully saturated rings. The number of hydrogen-bond acceptors (Lipinski definition) is 5. The average molecular weight is 398 g/mol. The Morgan fingerprint density at radius 2 is 2.04 bits per heavy atom. The predicted octanol–water partition coefficient (Wildman–Crippen LogP) is -0.492. The average Bonchev–Trinajstić information content (AvgIpc) is 2.70. The van der Waals surface area contributed by atoms with Crippen LogP contribution in [0, 0.1) is 0 Å². The van der Waals surface area contributed by atoms with Crippen LogP contribution in [-0.4, -0.2) is 64.1 Å². The van der Waals surface area contributed by atoms with Crippen molar-refractivity contribution >= 4 is 23.2 Å². The van der Waals surface area contributed by atoms with Crippen LogP contribution in [0.25, 0.3) is 0 Å². The van der Waals surface area contributed by atoms with Crippen molar-refractivity contribution in [3.8, 4) is 11.5 Å². The number of methoxy groups -OCH3 is 1. The highest BCUT2D eigenvalue weighted by atomic mass is 32.1. The summed E-state index contributed by atoms with van der Waals surface area (Å²) in [7, 11) is 1.54. The summed E-state index contributed by atoms with van der Waals surface area (Å²) in [5.41, 5.74) is 5.75. The van der Waals surface area contributed by atoms with E-state index in [0.29, 0.717) is 28.8 Å². The molecule has 2 rings (SSSR count). The van der Waals surface area contributed by atoms with Gasteiger partial charge >= 0.3 is 0 Å². The number of morpholine rings is 1. The summed E-state index contributed by atoms with van der Waals surface area (Å²) in [4.78, 5) is 13.8. The van der Waals surface area contributed by atoms with Gasteiger partial charge in [0.1, 0.15) is 13.1 Å². The first kappa shape index (κ1) is 21.2. The number of thiocarbonyl (C=S) groups is 1. The molecule has 0 unspecified atom stereocenters. The minimum absolute atomic E-state index is 0.307. The third kappa shape index (κ3) is 7.20. The van der Waals surface area contributed by atoms with Gasteiger partial charge in [0.15, 0.2) is 16.6 Å². The molecule has 150 valence electrons. The third-order valence-electron chi connectivity index (χ3n) is 4.21. The summed E-state index contributed by atoms with van der Waals surface area (Å²) < 4.78 is 16.1. The van der Waals surface area contributed by atoms with Crippen LogP contribution >= 0.6 is 12.2 Å². The molecule has 1 saturated heterocycles. The maximum Gasteiger partial charge on any atom is 0.269 e. The first-order valence-electron chi connectivity index (χ1n) is 9.20. The zero-order valence-corrected chi connectivity index (χ0v) is 16.7. The fourth-order valence-electron chi connectivity index (χ4n) is 2.76. The number of hydrogen-bond donors (Lipinski definition) is 4. The third-order valence-corrected chi connectivity index (χ3v) is 4.45. The zero-order chi connectivity index (χ0) is 19.5. The van der Waals surface area contributed by atoms with E-state index in [0.717, 1.165) is 45.8 Å². The molecule has 0 atom stereocenters. The Labute approximate surface area is 165 Å². The van der Waals surface area contributed by atoms with Crippen molar-refractivity contribution in [1.29, 1.82) is 0 Å². The van der Waals surface area contributed by atoms with Crippen molar-refractivity contribution < 1.29 is 23.9 Å². The maximum absolute atomic E-state index is 12.3. The van der Waals surface area contributed by atoms with Gasteiger partial charge in [0.25, 0.3) is 5.91 Å². The van der Waals surface area contributed by atoms with Gasteiger partial charge in [-0.3, -0.25) is 15.6 Å². The zero-order valence-electron chi connectivity index (χ0n) is 15.9. The summed E-state index contributed by atoms with van der Waals surface area (Å²) in [6.07, 6.45) is 1.00. The molecule has 1 aliphatic heterocycles. The van der Waals surface area contributed by atoms with Crippen LogP contribution in [0.2, 0.25) is 0 Å². The normalized spacial score (nSPS) is 14.3. The van der Waals surface area contributed by atoms with Crippen LogP contribution in [-0.2, 0) is 4.74 Å². The monoisotopic (exact) mass is 397 g/mol. The molecule has 0 radical (unpaired) electrons. The van der Waals surface area contributed by atoms with Crippen LogP contribution in [0.1, 0.15) is 23.7 Å². The van der Waals surface area contributed by atoms with E-state index in [1.165, 1.54) is 7.11 Å². The van der Waals surface area contributed by atoms with Gasteiger partial charge in [0.2, 0.25) is 0 Å². The van der Waals surface area contributed by atoms with Crippen LogP contribution in [0.5, 0.6) is 11.5 Å². The van der Waals surface area contributed by atoms with E-state index in [1.807, 2.05) is 6.92 Å². The molecule has 0 spiro atoms. The number of benzene rings is 1. The van der Waals surface area contributed by atoms with E-state index in [-0.39, 0.29) is 5.91 Å². The largest absolute Gasteiger partial charge is 0.493 e. The number of hydrazine groups is 1. The SMILES string of the molecule is CCOc1ccc(C(=O)NNC(=S)NCCC[NH+]2CCOCC2)cc1OC. The Balaban J connectivity index is 1.68. The molecule has 1 aromatic carbocycles. The molecule has 1 aromatic rings. The van der Waals surface area contributed by atoms with E-state index >= 15 is 0 Å². The summed E-state index contributed by atoms with van der Waals surface area (Å²) in [6, 6.07) is 5.01. The van der Waals surface area contributed by atoms with Crippen molar-refractivity contribution in [3.05, 3.63) is 23.8 Å². The molecule has 9 heteroatoms. The van der Waals surface area contributed by atoms with Crippen LogP contribution in [0.4, 0.5) is 0 Å². The van der Waals surface area contributed by atoms with Gasteiger partial charge in [-0.05, 0) is 37.3 Å². The fraction of sp³-hybridized carbons (Fsp3) is 0.556. The quantitative estimate of drug-likeness (QED) is 0.268. The molecule has 8 nitrogen and oxygen atoms in total. The summed E-state index contributed by atoms with van der Waals surface area (Å²) in [5, 5.41) is 3.48. The first-order chi connectivity index (χ1) is 13.1. The molecule has 4 N–H and O–H groups in total. The van der Waals surface area contributed by atoms with E-state index in [1.54, 1.807) is 23.1 Å². The highest BCUT2D eigenvalue weighted by Gasteiger charge is 2.13. The number of rotatable bonds is 8. The van der Waals surface area contributed by atoms with Gasteiger partial charge in [-0.15, -0.1) is 0 Å². The van der Waals surface area contributed by atoms with Gasteiger partial charge in [0.05, 0.1) is 33.5 Å². The molecular weight excluding hydrogens is 368 g/mol. The smallest absolute Gasteiger partial charge is 0.269 e. The van der Waals surface area contributed by atoms with Gasteiger partial charge < -0.3 is 24.4 Å². The number of ether oxygens (including phenoxy) is 3. The highest BCUT2D eigenvalue weighted by Crippen LogP contribution is 2.27. The predicted molar refractivity (Wildman–Crippen MR) is 106 cm³/mol. The fourth-order valence-corrected chi connectivity index (χ4v) is 2.92. The second kappa shape index (κ2) is 11.6. The van der Waals surface area contributed by atoms with Gasteiger partial charge in [0, 0.05) is 18.5 Å². The molecule has 1 aliphatic rings. The molecular formula is C18H29N4O4S+. The van der Waals surface area contributed by atoms with Crippen molar-refractivity contribution in [2.45, 2.75) is 13.3 Å². The number of carbonyl (C=O) groups is 1. The standard InChI is InChI=1S/C18H28N4O4S/c1-3-26-15-6-5-14(13-16(15)24-2)17(23)20-21-18(27)19-7-4-8-22-9-11-25-12-10-22/h5-6,13H,3-4,7-12H2,1-2H3,(H,20,23)(H2,19,21,27)/p+1. The van der Waals surface area contributed by atoms with E-state index < -0.39 is 0 Å². The van der Waals surface area contributed by atoms with E-state index in [4.69, 9.17) is 26.4 Å². The maximum atomic E-state index is 12.3. The topological polar surface area (TPSA) is 85.3 Å². The second-order valence-electron chi connectivity index (χ2n) is 6.10. The van der Waals surface area contributed by atoms with Gasteiger partial charge in [-0.2, -0.15) is 0 Å². The Morgan fingerprint density at radius 3 is 2.74 bits per heavy atom. The lowest BCUT2D eigenvalue weighted by Gasteiger charge is -2.23. The molecule has 1 amide bonds. The Morgan fingerprint density at radius 1 is 1.26 bits per heavy atom. The van der Waals surface area contributed by atoms with Crippen molar-refractivity contribution in [2.75, 3.05) is 53.1 Å². The summed E-state index contributed by atoms with van der Waals surface area (Å²) >= 11 is 5.19. The minimum Gasteiger partial charge on any atom is -0.493 e. The minimum atomic E-state index is -0.307. The summed E-state index contributed by atoms with van der Waals surface area (Å²) in [6.45, 7) is 8.04.